The van der Waals surface area contributed by atoms with Gasteiger partial charge < -0.3 is 5.32 Å². The number of nitrogens with one attached hydrogen (secondary N) is 1. The van der Waals surface area contributed by atoms with Gasteiger partial charge in [0, 0.05) is 54.4 Å². The van der Waals surface area contributed by atoms with Crippen LogP contribution < -0.4 is 5.32 Å². The fourth-order valence-electron chi connectivity index (χ4n) is 3.33. The van der Waals surface area contributed by atoms with E-state index in [1.807, 2.05) is 29.1 Å². The smallest absolute Gasteiger partial charge is 0.222 e. The van der Waals surface area contributed by atoms with Gasteiger partial charge in [-0.1, -0.05) is 0 Å². The van der Waals surface area contributed by atoms with E-state index in [-0.39, 0.29) is 0 Å². The maximum atomic E-state index is 4.73. The molecule has 0 atom stereocenters. The van der Waals surface area contributed by atoms with Crippen molar-refractivity contribution in [2.24, 2.45) is 7.05 Å². The summed E-state index contributed by atoms with van der Waals surface area (Å²) in [6, 6.07) is 6.26. The second kappa shape index (κ2) is 6.93. The number of hydrogen-bond donors (Lipinski definition) is 1. The van der Waals surface area contributed by atoms with Crippen LogP contribution in [0.3, 0.4) is 0 Å². The topological polar surface area (TPSA) is 58.9 Å². The van der Waals surface area contributed by atoms with E-state index in [2.05, 4.69) is 39.2 Å². The predicted molar refractivity (Wildman–Crippen MR) is 99.4 cm³/mol. The lowest BCUT2D eigenvalue weighted by Gasteiger charge is -2.27. The monoisotopic (exact) mass is 354 g/mol. The second-order valence-electron chi connectivity index (χ2n) is 6.39. The molecule has 0 bridgehead atoms. The van der Waals surface area contributed by atoms with Crippen molar-refractivity contribution in [1.29, 1.82) is 0 Å². The van der Waals surface area contributed by atoms with Gasteiger partial charge in [-0.3, -0.25) is 9.58 Å². The number of nitrogens with zero attached hydrogens (tertiary/aromatic N) is 5. The van der Waals surface area contributed by atoms with Gasteiger partial charge in [0.1, 0.15) is 0 Å². The summed E-state index contributed by atoms with van der Waals surface area (Å²) in [5, 5.41) is 8.00. The maximum absolute atomic E-state index is 4.73. The first kappa shape index (κ1) is 16.2. The van der Waals surface area contributed by atoms with Gasteiger partial charge >= 0.3 is 0 Å². The van der Waals surface area contributed by atoms with Crippen molar-refractivity contribution in [1.82, 2.24) is 24.6 Å². The van der Waals surface area contributed by atoms with E-state index in [0.29, 0.717) is 12.5 Å². The first-order valence-electron chi connectivity index (χ1n) is 8.51. The van der Waals surface area contributed by atoms with Crippen LogP contribution in [-0.4, -0.2) is 31.2 Å². The molecule has 0 unspecified atom stereocenters. The van der Waals surface area contributed by atoms with Crippen LogP contribution in [-0.2, 0) is 33.1 Å². The van der Waals surface area contributed by atoms with Crippen molar-refractivity contribution in [3.8, 4) is 0 Å². The molecule has 1 aliphatic rings. The molecule has 0 aromatic carbocycles. The van der Waals surface area contributed by atoms with E-state index in [1.165, 1.54) is 21.0 Å². The quantitative estimate of drug-likeness (QED) is 0.763. The molecular formula is C18H22N6S. The van der Waals surface area contributed by atoms with Crippen molar-refractivity contribution in [3.05, 3.63) is 57.3 Å². The highest BCUT2D eigenvalue weighted by molar-refractivity contribution is 7.11. The van der Waals surface area contributed by atoms with Gasteiger partial charge in [0.2, 0.25) is 5.95 Å². The van der Waals surface area contributed by atoms with Crippen LogP contribution in [0.2, 0.25) is 0 Å². The molecule has 0 spiro atoms. The molecule has 0 amide bonds. The second-order valence-corrected chi connectivity index (χ2v) is 7.77. The largest absolute Gasteiger partial charge is 0.348 e. The van der Waals surface area contributed by atoms with Crippen LogP contribution in [0.4, 0.5) is 5.95 Å². The molecule has 0 saturated heterocycles. The van der Waals surface area contributed by atoms with Gasteiger partial charge in [0.15, 0.2) is 0 Å². The van der Waals surface area contributed by atoms with E-state index in [1.54, 1.807) is 12.4 Å². The average molecular weight is 354 g/mol. The number of rotatable bonds is 5. The van der Waals surface area contributed by atoms with Crippen LogP contribution in [0.15, 0.2) is 30.6 Å². The normalized spacial score (nSPS) is 14.5. The molecule has 0 fully saturated rings. The summed E-state index contributed by atoms with van der Waals surface area (Å²) in [7, 11) is 2.04. The van der Waals surface area contributed by atoms with E-state index >= 15 is 0 Å². The summed E-state index contributed by atoms with van der Waals surface area (Å²) in [4.78, 5) is 13.7. The van der Waals surface area contributed by atoms with E-state index in [9.17, 15) is 0 Å². The van der Waals surface area contributed by atoms with Crippen molar-refractivity contribution >= 4 is 17.3 Å². The summed E-state index contributed by atoms with van der Waals surface area (Å²) in [5.74, 6) is 0.646. The first-order chi connectivity index (χ1) is 12.2. The number of aromatic nitrogens is 4. The molecule has 0 aliphatic carbocycles. The van der Waals surface area contributed by atoms with Crippen LogP contribution in [0, 0.1) is 6.92 Å². The Morgan fingerprint density at radius 1 is 1.24 bits per heavy atom. The zero-order chi connectivity index (χ0) is 17.2. The third-order valence-corrected chi connectivity index (χ3v) is 5.55. The first-order valence-corrected chi connectivity index (χ1v) is 9.33. The molecule has 0 saturated carbocycles. The van der Waals surface area contributed by atoms with Crippen LogP contribution in [0.25, 0.3) is 0 Å². The average Bonchev–Trinajstić information content (AvgIpc) is 3.17. The zero-order valence-corrected chi connectivity index (χ0v) is 15.4. The Morgan fingerprint density at radius 2 is 2.08 bits per heavy atom. The molecular weight excluding hydrogens is 332 g/mol. The lowest BCUT2D eigenvalue weighted by Crippen LogP contribution is -2.30. The molecule has 1 aliphatic heterocycles. The Balaban J connectivity index is 1.45. The Hall–Kier alpha value is -2.25. The van der Waals surface area contributed by atoms with Crippen molar-refractivity contribution in [2.75, 3.05) is 11.9 Å². The minimum Gasteiger partial charge on any atom is -0.348 e. The van der Waals surface area contributed by atoms with Crippen molar-refractivity contribution in [3.63, 3.8) is 0 Å². The van der Waals surface area contributed by atoms with Crippen LogP contribution >= 0.6 is 11.3 Å². The highest BCUT2D eigenvalue weighted by Crippen LogP contribution is 2.25. The number of thiophene rings is 1. The molecule has 3 aromatic heterocycles. The molecule has 25 heavy (non-hydrogen) atoms. The molecule has 0 radical (unpaired) electrons. The fraction of sp³-hybridized carbons (Fsp3) is 0.389. The maximum Gasteiger partial charge on any atom is 0.222 e. The number of anilines is 1. The molecule has 4 heterocycles. The van der Waals surface area contributed by atoms with E-state index < -0.39 is 0 Å². The summed E-state index contributed by atoms with van der Waals surface area (Å²) < 4.78 is 2.03. The minimum atomic E-state index is 0.646. The number of aryl methyl sites for hydroxylation is 2. The Morgan fingerprint density at radius 3 is 2.84 bits per heavy atom. The van der Waals surface area contributed by atoms with Crippen molar-refractivity contribution < 1.29 is 0 Å². The van der Waals surface area contributed by atoms with Gasteiger partial charge in [-0.15, -0.1) is 11.3 Å². The SMILES string of the molecule is Cc1ccc(CN2CCc3c(CNc4ncccn4)nn(C)c3C2)s1. The molecule has 7 heteroatoms. The van der Waals surface area contributed by atoms with Gasteiger partial charge in [-0.2, -0.15) is 5.10 Å². The highest BCUT2D eigenvalue weighted by Gasteiger charge is 2.24. The summed E-state index contributed by atoms with van der Waals surface area (Å²) in [6.45, 7) is 5.88. The van der Waals surface area contributed by atoms with Gasteiger partial charge in [0.05, 0.1) is 17.9 Å². The van der Waals surface area contributed by atoms with Gasteiger partial charge in [-0.05, 0) is 31.5 Å². The third kappa shape index (κ3) is 3.57. The highest BCUT2D eigenvalue weighted by atomic mass is 32.1. The van der Waals surface area contributed by atoms with Crippen LogP contribution in [0.1, 0.15) is 26.7 Å². The Kier molecular flexibility index (Phi) is 4.50. The Bertz CT molecular complexity index is 854. The molecule has 130 valence electrons. The lowest BCUT2D eigenvalue weighted by molar-refractivity contribution is 0.240. The lowest BCUT2D eigenvalue weighted by atomic mass is 10.0. The predicted octanol–water partition coefficient (Wildman–Crippen LogP) is 2.75. The summed E-state index contributed by atoms with van der Waals surface area (Å²) >= 11 is 1.89. The van der Waals surface area contributed by atoms with Crippen molar-refractivity contribution in [2.45, 2.75) is 33.0 Å². The van der Waals surface area contributed by atoms with E-state index in [4.69, 9.17) is 5.10 Å². The minimum absolute atomic E-state index is 0.646. The van der Waals surface area contributed by atoms with Gasteiger partial charge in [0.25, 0.3) is 0 Å². The number of hydrogen-bond acceptors (Lipinski definition) is 6. The summed E-state index contributed by atoms with van der Waals surface area (Å²) in [6.07, 6.45) is 4.53. The molecule has 3 aromatic rings. The fourth-order valence-corrected chi connectivity index (χ4v) is 4.26. The third-order valence-electron chi connectivity index (χ3n) is 4.56. The number of fused-ring (bicyclic) bond motifs is 1. The van der Waals surface area contributed by atoms with Gasteiger partial charge in [-0.25, -0.2) is 9.97 Å². The molecule has 4 rings (SSSR count). The Labute approximate surface area is 151 Å². The van der Waals surface area contributed by atoms with E-state index in [0.717, 1.165) is 31.7 Å². The van der Waals surface area contributed by atoms with Crippen LogP contribution in [0.5, 0.6) is 0 Å². The zero-order valence-electron chi connectivity index (χ0n) is 14.6. The standard InChI is InChI=1S/C18H22N6S/c1-13-4-5-14(25-13)11-24-9-6-15-16(22-23(2)17(15)12-24)10-21-18-19-7-3-8-20-18/h3-5,7-8H,6,9-12H2,1-2H3,(H,19,20,21). The summed E-state index contributed by atoms with van der Waals surface area (Å²) in [5.41, 5.74) is 3.81. The molecule has 6 nitrogen and oxygen atoms in total. The molecule has 1 N–H and O–H groups in total.